The van der Waals surface area contributed by atoms with Crippen LogP contribution < -0.4 is 10.1 Å². The number of hydrogen-bond acceptors (Lipinski definition) is 3. The number of ether oxygens (including phenoxy) is 1. The van der Waals surface area contributed by atoms with Crippen molar-refractivity contribution in [3.8, 4) is 11.6 Å². The zero-order chi connectivity index (χ0) is 16.9. The molecule has 1 amide bonds. The van der Waals surface area contributed by atoms with Crippen molar-refractivity contribution in [1.29, 1.82) is 0 Å². The highest BCUT2D eigenvalue weighted by Crippen LogP contribution is 2.14. The molecule has 6 nitrogen and oxygen atoms in total. The topological polar surface area (TPSA) is 61.1 Å². The third-order valence-corrected chi connectivity index (χ3v) is 3.65. The van der Waals surface area contributed by atoms with Crippen LogP contribution in [0.25, 0.3) is 5.82 Å². The van der Waals surface area contributed by atoms with Gasteiger partial charge in [0.1, 0.15) is 23.7 Å². The van der Waals surface area contributed by atoms with Crippen molar-refractivity contribution in [2.45, 2.75) is 6.92 Å². The Kier molecular flexibility index (Phi) is 4.65. The van der Waals surface area contributed by atoms with Crippen molar-refractivity contribution in [3.63, 3.8) is 0 Å². The molecule has 0 spiro atoms. The summed E-state index contributed by atoms with van der Waals surface area (Å²) in [6.07, 6.45) is 5.34. The van der Waals surface area contributed by atoms with Crippen LogP contribution in [0.15, 0.2) is 55.0 Å². The van der Waals surface area contributed by atoms with Gasteiger partial charge in [-0.3, -0.25) is 9.48 Å². The minimum atomic E-state index is -0.167. The lowest BCUT2D eigenvalue weighted by atomic mass is 10.2. The summed E-state index contributed by atoms with van der Waals surface area (Å²) in [6.45, 7) is 2.85. The van der Waals surface area contributed by atoms with Crippen molar-refractivity contribution in [3.05, 3.63) is 66.1 Å². The molecule has 2 heterocycles. The van der Waals surface area contributed by atoms with Crippen LogP contribution in [0.4, 0.5) is 0 Å². The molecule has 0 fully saturated rings. The maximum atomic E-state index is 12.4. The fourth-order valence-corrected chi connectivity index (χ4v) is 2.51. The zero-order valence-electron chi connectivity index (χ0n) is 13.8. The van der Waals surface area contributed by atoms with E-state index in [1.165, 1.54) is 0 Å². The van der Waals surface area contributed by atoms with Crippen molar-refractivity contribution < 1.29 is 9.53 Å². The number of hydrogen-bond donors (Lipinski definition) is 1. The first-order chi connectivity index (χ1) is 11.6. The van der Waals surface area contributed by atoms with Gasteiger partial charge in [-0.05, 0) is 36.8 Å². The summed E-state index contributed by atoms with van der Waals surface area (Å²) >= 11 is 0. The Labute approximate surface area is 140 Å². The van der Waals surface area contributed by atoms with Gasteiger partial charge < -0.3 is 14.6 Å². The first-order valence-corrected chi connectivity index (χ1v) is 7.78. The minimum absolute atomic E-state index is 0.167. The predicted octanol–water partition coefficient (Wildman–Crippen LogP) is 2.33. The Morgan fingerprint density at radius 3 is 2.79 bits per heavy atom. The molecule has 24 heavy (non-hydrogen) atoms. The molecule has 0 aliphatic rings. The molecule has 1 aromatic carbocycles. The second-order valence-corrected chi connectivity index (χ2v) is 5.52. The third kappa shape index (κ3) is 3.48. The van der Waals surface area contributed by atoms with Crippen LogP contribution in [-0.2, 0) is 7.05 Å². The maximum absolute atomic E-state index is 12.4. The molecule has 3 aromatic rings. The normalized spacial score (nSPS) is 10.6. The number of aromatic nitrogens is 3. The summed E-state index contributed by atoms with van der Waals surface area (Å²) in [5, 5.41) is 7.05. The predicted molar refractivity (Wildman–Crippen MR) is 91.5 cm³/mol. The number of benzene rings is 1. The summed E-state index contributed by atoms with van der Waals surface area (Å²) in [5.41, 5.74) is 1.67. The lowest BCUT2D eigenvalue weighted by Gasteiger charge is -2.09. The highest BCUT2D eigenvalue weighted by molar-refractivity contribution is 5.97. The number of carbonyl (C=O) groups is 1. The summed E-state index contributed by atoms with van der Waals surface area (Å²) in [4.78, 5) is 12.4. The first kappa shape index (κ1) is 15.9. The van der Waals surface area contributed by atoms with Gasteiger partial charge in [-0.1, -0.05) is 12.1 Å². The summed E-state index contributed by atoms with van der Waals surface area (Å²) in [6, 6.07) is 11.6. The molecule has 6 heteroatoms. The van der Waals surface area contributed by atoms with E-state index < -0.39 is 0 Å². The lowest BCUT2D eigenvalue weighted by molar-refractivity contribution is 0.0947. The highest BCUT2D eigenvalue weighted by atomic mass is 16.5. The summed E-state index contributed by atoms with van der Waals surface area (Å²) in [7, 11) is 1.81. The number of nitrogens with zero attached hydrogens (tertiary/aromatic N) is 3. The van der Waals surface area contributed by atoms with Crippen molar-refractivity contribution >= 4 is 5.91 Å². The average molecular weight is 324 g/mol. The Morgan fingerprint density at radius 2 is 2.04 bits per heavy atom. The van der Waals surface area contributed by atoms with Crippen LogP contribution in [0, 0.1) is 6.92 Å². The fraction of sp³-hybridized carbons (Fsp3) is 0.222. The second kappa shape index (κ2) is 7.04. The van der Waals surface area contributed by atoms with Crippen LogP contribution in [0.2, 0.25) is 0 Å². The smallest absolute Gasteiger partial charge is 0.256 e. The van der Waals surface area contributed by atoms with E-state index in [2.05, 4.69) is 10.4 Å². The van der Waals surface area contributed by atoms with E-state index in [0.717, 1.165) is 17.1 Å². The zero-order valence-corrected chi connectivity index (χ0v) is 13.8. The van der Waals surface area contributed by atoms with Gasteiger partial charge in [0.2, 0.25) is 0 Å². The number of aryl methyl sites for hydroxylation is 2. The molecule has 0 unspecified atom stereocenters. The second-order valence-electron chi connectivity index (χ2n) is 5.52. The summed E-state index contributed by atoms with van der Waals surface area (Å²) < 4.78 is 9.18. The SMILES string of the molecule is Cc1cccc(OCCNC(=O)c2cnn(C)c2-n2cccc2)c1. The van der Waals surface area contributed by atoms with Crippen LogP contribution in [-0.4, -0.2) is 33.4 Å². The number of carbonyl (C=O) groups excluding carboxylic acids is 1. The largest absolute Gasteiger partial charge is 0.492 e. The van der Waals surface area contributed by atoms with E-state index in [9.17, 15) is 4.79 Å². The number of rotatable bonds is 6. The molecule has 0 bridgehead atoms. The van der Waals surface area contributed by atoms with Gasteiger partial charge in [-0.25, -0.2) is 0 Å². The number of nitrogens with one attached hydrogen (secondary N) is 1. The van der Waals surface area contributed by atoms with E-state index in [4.69, 9.17) is 4.74 Å². The van der Waals surface area contributed by atoms with E-state index in [1.54, 1.807) is 10.9 Å². The molecule has 0 saturated carbocycles. The Hall–Kier alpha value is -3.02. The molecule has 1 N–H and O–H groups in total. The van der Waals surface area contributed by atoms with Gasteiger partial charge in [0.15, 0.2) is 0 Å². The molecular weight excluding hydrogens is 304 g/mol. The van der Waals surface area contributed by atoms with Crippen molar-refractivity contribution in [2.24, 2.45) is 7.05 Å². The molecule has 0 aliphatic carbocycles. The van der Waals surface area contributed by atoms with Gasteiger partial charge in [0, 0.05) is 19.4 Å². The van der Waals surface area contributed by atoms with Gasteiger partial charge in [-0.15, -0.1) is 0 Å². The first-order valence-electron chi connectivity index (χ1n) is 7.78. The maximum Gasteiger partial charge on any atom is 0.256 e. The van der Waals surface area contributed by atoms with Crippen molar-refractivity contribution in [1.82, 2.24) is 19.7 Å². The minimum Gasteiger partial charge on any atom is -0.492 e. The molecular formula is C18H20N4O2. The lowest BCUT2D eigenvalue weighted by Crippen LogP contribution is -2.28. The fourth-order valence-electron chi connectivity index (χ4n) is 2.51. The van der Waals surface area contributed by atoms with E-state index in [1.807, 2.05) is 67.3 Å². The summed E-state index contributed by atoms with van der Waals surface area (Å²) in [5.74, 6) is 1.37. The molecule has 0 radical (unpaired) electrons. The van der Waals surface area contributed by atoms with Gasteiger partial charge >= 0.3 is 0 Å². The van der Waals surface area contributed by atoms with Crippen LogP contribution >= 0.6 is 0 Å². The highest BCUT2D eigenvalue weighted by Gasteiger charge is 2.16. The molecule has 124 valence electrons. The monoisotopic (exact) mass is 324 g/mol. The molecule has 0 aliphatic heterocycles. The van der Waals surface area contributed by atoms with E-state index >= 15 is 0 Å². The van der Waals surface area contributed by atoms with E-state index in [-0.39, 0.29) is 5.91 Å². The third-order valence-electron chi connectivity index (χ3n) is 3.65. The molecule has 3 rings (SSSR count). The Balaban J connectivity index is 1.58. The van der Waals surface area contributed by atoms with Crippen molar-refractivity contribution in [2.75, 3.05) is 13.2 Å². The molecule has 2 aromatic heterocycles. The van der Waals surface area contributed by atoms with Gasteiger partial charge in [0.25, 0.3) is 5.91 Å². The van der Waals surface area contributed by atoms with E-state index in [0.29, 0.717) is 18.7 Å². The quantitative estimate of drug-likeness (QED) is 0.708. The van der Waals surface area contributed by atoms with Crippen LogP contribution in [0.3, 0.4) is 0 Å². The average Bonchev–Trinajstić information content (AvgIpc) is 3.20. The standard InChI is InChI=1S/C18H20N4O2/c1-14-6-5-7-15(12-14)24-11-8-19-17(23)16-13-20-21(2)18(16)22-9-3-4-10-22/h3-7,9-10,12-13H,8,11H2,1-2H3,(H,19,23). The van der Waals surface area contributed by atoms with Crippen LogP contribution in [0.1, 0.15) is 15.9 Å². The molecule has 0 saturated heterocycles. The van der Waals surface area contributed by atoms with Crippen LogP contribution in [0.5, 0.6) is 5.75 Å². The van der Waals surface area contributed by atoms with Gasteiger partial charge in [0.05, 0.1) is 12.7 Å². The Bertz CT molecular complexity index is 821. The van der Waals surface area contributed by atoms with Gasteiger partial charge in [-0.2, -0.15) is 5.10 Å². The molecule has 0 atom stereocenters. The number of amides is 1. The Morgan fingerprint density at radius 1 is 1.25 bits per heavy atom.